The average molecular weight is 927 g/mol. The van der Waals surface area contributed by atoms with Gasteiger partial charge in [-0.2, -0.15) is 0 Å². The number of nitrogens with zero attached hydrogens (tertiary/aromatic N) is 4. The van der Waals surface area contributed by atoms with Crippen molar-refractivity contribution in [3.63, 3.8) is 0 Å². The monoisotopic (exact) mass is 927 g/mol. The van der Waals surface area contributed by atoms with Gasteiger partial charge in [-0.05, 0) is 113 Å². The summed E-state index contributed by atoms with van der Waals surface area (Å²) in [6, 6.07) is -1.39. The molecule has 4 aliphatic rings. The van der Waals surface area contributed by atoms with Crippen LogP contribution >= 0.6 is 0 Å². The number of hydrogen-bond acceptors (Lipinski definition) is 13. The highest BCUT2D eigenvalue weighted by atomic mass is 16.6. The molecule has 16 nitrogen and oxygen atoms in total. The van der Waals surface area contributed by atoms with Gasteiger partial charge >= 0.3 is 5.97 Å². The highest BCUT2D eigenvalue weighted by Gasteiger charge is 2.53. The predicted octanol–water partition coefficient (Wildman–Crippen LogP) is 7.04. The molecule has 2 saturated heterocycles. The number of amides is 1. The summed E-state index contributed by atoms with van der Waals surface area (Å²) in [4.78, 5) is 60.8. The molecule has 3 aliphatic heterocycles. The van der Waals surface area contributed by atoms with Crippen molar-refractivity contribution in [1.82, 2.24) is 4.90 Å². The first-order valence-electron chi connectivity index (χ1n) is 24.0. The molecule has 3 heterocycles. The molecule has 3 N–H and O–H groups in total. The maximum atomic E-state index is 14.4. The molecule has 0 spiro atoms. The van der Waals surface area contributed by atoms with Gasteiger partial charge in [0.25, 0.3) is 5.91 Å². The zero-order valence-electron chi connectivity index (χ0n) is 40.8. The van der Waals surface area contributed by atoms with E-state index in [1.54, 1.807) is 48.0 Å². The van der Waals surface area contributed by atoms with Gasteiger partial charge in [0.1, 0.15) is 30.1 Å². The molecule has 2 bridgehead atoms. The minimum absolute atomic E-state index is 0.107. The zero-order valence-corrected chi connectivity index (χ0v) is 40.8. The van der Waals surface area contributed by atoms with Crippen molar-refractivity contribution < 1.29 is 58.2 Å². The van der Waals surface area contributed by atoms with Crippen LogP contribution in [0, 0.1) is 29.6 Å². The summed E-state index contributed by atoms with van der Waals surface area (Å²) in [7, 11) is 4.55. The molecule has 0 aromatic heterocycles. The Morgan fingerprint density at radius 1 is 0.924 bits per heavy atom. The van der Waals surface area contributed by atoms with Gasteiger partial charge in [-0.1, -0.05) is 69.3 Å². The van der Waals surface area contributed by atoms with Crippen molar-refractivity contribution in [2.45, 2.75) is 186 Å². The minimum Gasteiger partial charge on any atom is -0.460 e. The molecule has 1 saturated carbocycles. The molecule has 1 amide bonds. The highest BCUT2D eigenvalue weighted by Crippen LogP contribution is 2.39. The molecule has 0 aromatic rings. The van der Waals surface area contributed by atoms with Crippen LogP contribution in [0.5, 0.6) is 0 Å². The highest BCUT2D eigenvalue weighted by molar-refractivity contribution is 5.89. The van der Waals surface area contributed by atoms with Crippen LogP contribution < -0.4 is 0 Å². The molecule has 66 heavy (non-hydrogen) atoms. The smallest absolute Gasteiger partial charge is 0.329 e. The summed E-state index contributed by atoms with van der Waals surface area (Å²) < 4.78 is 29.6. The third-order valence-electron chi connectivity index (χ3n) is 14.6. The quantitative estimate of drug-likeness (QED) is 0.0768. The fourth-order valence-corrected chi connectivity index (χ4v) is 10.1. The van der Waals surface area contributed by atoms with Crippen LogP contribution in [0.15, 0.2) is 52.7 Å². The van der Waals surface area contributed by atoms with Gasteiger partial charge in [0.15, 0.2) is 11.9 Å². The Bertz CT molecular complexity index is 1810. The summed E-state index contributed by atoms with van der Waals surface area (Å²) in [5.74, 6) is -6.32. The Kier molecular flexibility index (Phi) is 21.7. The topological polar surface area (TPSA) is 227 Å². The van der Waals surface area contributed by atoms with E-state index in [0.29, 0.717) is 69.8 Å². The van der Waals surface area contributed by atoms with Crippen molar-refractivity contribution in [2.24, 2.45) is 34.7 Å². The van der Waals surface area contributed by atoms with Gasteiger partial charge in [0.05, 0.1) is 24.4 Å². The number of hydrogen-bond donors (Lipinski definition) is 3. The van der Waals surface area contributed by atoms with E-state index in [1.165, 1.54) is 12.0 Å². The number of Topliss-reactive ketones (excluding diaryl/α,β-unsaturated/α-hetero) is 2. The van der Waals surface area contributed by atoms with E-state index in [4.69, 9.17) is 29.2 Å². The summed E-state index contributed by atoms with van der Waals surface area (Å²) in [6.45, 7) is 10.9. The second-order valence-electron chi connectivity index (χ2n) is 19.4. The van der Waals surface area contributed by atoms with Gasteiger partial charge in [-0.3, -0.25) is 14.4 Å². The third kappa shape index (κ3) is 14.4. The van der Waals surface area contributed by atoms with Crippen molar-refractivity contribution >= 4 is 23.4 Å². The van der Waals surface area contributed by atoms with Crippen molar-refractivity contribution in [3.8, 4) is 0 Å². The van der Waals surface area contributed by atoms with Gasteiger partial charge in [-0.15, -0.1) is 0 Å². The van der Waals surface area contributed by atoms with Gasteiger partial charge in [0.2, 0.25) is 5.79 Å². The lowest BCUT2D eigenvalue weighted by Crippen LogP contribution is -2.63. The SMILES string of the molecule is CO[C@H]1C[C@@H]2CC[C@@H](C)[C@@](O)(O2)C(O)C(=O)N2CCCC[C@H]2C(=O)O[C@H]([C@H](C)C[C@@H]2CCC(N=[N+]=[N-])[C@H](OC)C2)CC(=O)[C@H](C)/C=C(\C)[C@@H](O)[C@@H](OC)C(=O)[C@H](C)CC/C=C/C=CC=C1C. The zero-order chi connectivity index (χ0) is 48.7. The molecule has 0 radical (unpaired) electrons. The number of aliphatic hydroxyl groups excluding tert-OH is 2. The molecule has 1 aliphatic carbocycles. The van der Waals surface area contributed by atoms with E-state index in [9.17, 15) is 34.5 Å². The third-order valence-corrected chi connectivity index (χ3v) is 14.6. The van der Waals surface area contributed by atoms with Crippen molar-refractivity contribution in [1.29, 1.82) is 0 Å². The number of carbonyl (C=O) groups is 4. The Hall–Kier alpha value is -3.73. The van der Waals surface area contributed by atoms with Crippen LogP contribution in [-0.2, 0) is 42.9 Å². The maximum Gasteiger partial charge on any atom is 0.329 e. The van der Waals surface area contributed by atoms with Crippen LogP contribution in [0.2, 0.25) is 0 Å². The molecular formula is C50H78N4O12. The normalized spacial score (nSPS) is 38.5. The van der Waals surface area contributed by atoms with Crippen LogP contribution in [0.1, 0.15) is 125 Å². The number of carbonyl (C=O) groups excluding carboxylic acids is 4. The molecule has 0 aromatic carbocycles. The van der Waals surface area contributed by atoms with E-state index in [0.717, 1.165) is 12.0 Å². The van der Waals surface area contributed by atoms with E-state index in [2.05, 4.69) is 10.0 Å². The lowest BCUT2D eigenvalue weighted by Gasteiger charge is -2.46. The number of ether oxygens (including phenoxy) is 5. The van der Waals surface area contributed by atoms with Gasteiger partial charge in [-0.25, -0.2) is 4.79 Å². The number of aliphatic hydroxyl groups is 3. The molecular weight excluding hydrogens is 849 g/mol. The number of methoxy groups -OCH3 is 3. The molecule has 16 heteroatoms. The summed E-state index contributed by atoms with van der Waals surface area (Å²) in [5.41, 5.74) is 10.4. The first-order valence-corrected chi connectivity index (χ1v) is 24.0. The number of fused-ring (bicyclic) bond motifs is 3. The van der Waals surface area contributed by atoms with E-state index in [1.807, 2.05) is 44.2 Å². The number of azide groups is 1. The number of piperidine rings is 1. The Labute approximate surface area is 391 Å². The second kappa shape index (κ2) is 26.1. The number of esters is 1. The van der Waals surface area contributed by atoms with Crippen molar-refractivity contribution in [2.75, 3.05) is 27.9 Å². The maximum absolute atomic E-state index is 14.4. The number of cyclic esters (lactones) is 1. The summed E-state index contributed by atoms with van der Waals surface area (Å²) in [6.07, 6.45) is 10.8. The Balaban J connectivity index is 1.69. The minimum atomic E-state index is -2.24. The van der Waals surface area contributed by atoms with Crippen molar-refractivity contribution in [3.05, 3.63) is 58.0 Å². The lowest BCUT2D eigenvalue weighted by molar-refractivity contribution is -0.317. The molecule has 3 fully saturated rings. The average Bonchev–Trinajstić information content (AvgIpc) is 3.30. The Morgan fingerprint density at radius 2 is 1.67 bits per heavy atom. The van der Waals surface area contributed by atoms with E-state index in [-0.39, 0.29) is 61.0 Å². The van der Waals surface area contributed by atoms with E-state index < -0.39 is 72.0 Å². The summed E-state index contributed by atoms with van der Waals surface area (Å²) >= 11 is 0. The number of rotatable bonds is 7. The van der Waals surface area contributed by atoms with Gasteiger partial charge < -0.3 is 43.9 Å². The molecule has 15 atom stereocenters. The number of ketones is 2. The molecule has 370 valence electrons. The Morgan fingerprint density at radius 3 is 2.35 bits per heavy atom. The van der Waals surface area contributed by atoms with Crippen LogP contribution in [0.3, 0.4) is 0 Å². The van der Waals surface area contributed by atoms with Gasteiger partial charge in [0, 0.05) is 63.4 Å². The first kappa shape index (κ1) is 54.9. The fraction of sp³-hybridized carbons (Fsp3) is 0.760. The molecule has 4 rings (SSSR count). The van der Waals surface area contributed by atoms with Crippen LogP contribution in [-0.4, -0.2) is 132 Å². The van der Waals surface area contributed by atoms with Crippen LogP contribution in [0.4, 0.5) is 0 Å². The number of allylic oxidation sites excluding steroid dienone is 6. The first-order chi connectivity index (χ1) is 31.4. The lowest BCUT2D eigenvalue weighted by atomic mass is 9.78. The molecule has 2 unspecified atom stereocenters. The summed E-state index contributed by atoms with van der Waals surface area (Å²) in [5, 5.41) is 39.1. The predicted molar refractivity (Wildman–Crippen MR) is 249 cm³/mol. The fourth-order valence-electron chi connectivity index (χ4n) is 10.1. The van der Waals surface area contributed by atoms with Crippen LogP contribution in [0.25, 0.3) is 10.4 Å². The second-order valence-corrected chi connectivity index (χ2v) is 19.4. The van der Waals surface area contributed by atoms with E-state index >= 15 is 0 Å². The largest absolute Gasteiger partial charge is 0.460 e. The standard InChI is InChI=1S/C50H78N4O12/c1-30-17-13-11-10-12-14-18-31(2)44(56)46(64-9)45(57)34(5)25-32(3)40(55)29-42(33(4)26-36-21-23-38(52-53-51)43(27-36)63-8)65-49(60)39-19-15-16-24-54(39)48(59)47(58)50(61)35(6)20-22-37(66-50)28-41(30)62-7/h10-13,17,25,31-33,35-39,41-43,45-47,57-58,61H,14-16,18-24,26-29H2,1-9H3/b12-10+,13-11?,30-17?,34-25+/t31-,32-,33-,35-,36+,37+,38?,39+,41+,42+,43-,45-,46+,47?,50-/m1/s1.